The van der Waals surface area contributed by atoms with Crippen LogP contribution in [0.25, 0.3) is 10.6 Å². The molecule has 1 aliphatic rings. The summed E-state index contributed by atoms with van der Waals surface area (Å²) in [5.41, 5.74) is 1.30. The highest BCUT2D eigenvalue weighted by Gasteiger charge is 2.16. The van der Waals surface area contributed by atoms with Gasteiger partial charge in [0.05, 0.1) is 24.6 Å². The van der Waals surface area contributed by atoms with Crippen LogP contribution >= 0.6 is 11.3 Å². The van der Waals surface area contributed by atoms with Gasteiger partial charge in [-0.1, -0.05) is 6.07 Å². The van der Waals surface area contributed by atoms with E-state index in [1.807, 2.05) is 23.6 Å². The van der Waals surface area contributed by atoms with Crippen LogP contribution in [0.2, 0.25) is 0 Å². The molecule has 0 radical (unpaired) electrons. The summed E-state index contributed by atoms with van der Waals surface area (Å²) in [5, 5.41) is 9.29. The van der Waals surface area contributed by atoms with Crippen molar-refractivity contribution >= 4 is 23.1 Å². The maximum atomic E-state index is 12.6. The molecule has 0 bridgehead atoms. The van der Waals surface area contributed by atoms with E-state index >= 15 is 0 Å². The number of thiophene rings is 1. The molecule has 3 aromatic rings. The minimum atomic E-state index is -0.201. The molecule has 27 heavy (non-hydrogen) atoms. The van der Waals surface area contributed by atoms with Crippen molar-refractivity contribution in [3.8, 4) is 10.6 Å². The Bertz CT molecular complexity index is 918. The zero-order chi connectivity index (χ0) is 18.6. The monoisotopic (exact) mass is 384 g/mol. The lowest BCUT2D eigenvalue weighted by atomic mass is 10.3. The van der Waals surface area contributed by atoms with Gasteiger partial charge >= 0.3 is 0 Å². The number of nitrogens with zero attached hydrogens (tertiary/aromatic N) is 5. The first kappa shape index (κ1) is 17.6. The Hall–Kier alpha value is -2.78. The van der Waals surface area contributed by atoms with E-state index in [-0.39, 0.29) is 12.5 Å². The minimum absolute atomic E-state index is 0.201. The van der Waals surface area contributed by atoms with Crippen molar-refractivity contribution in [2.75, 3.05) is 31.2 Å². The average Bonchev–Trinajstić information content (AvgIpc) is 3.37. The van der Waals surface area contributed by atoms with Gasteiger partial charge in [0.1, 0.15) is 23.0 Å². The van der Waals surface area contributed by atoms with Gasteiger partial charge < -0.3 is 15.0 Å². The first-order chi connectivity index (χ1) is 13.2. The number of rotatable bonds is 5. The molecular weight excluding hydrogens is 364 g/mol. The molecule has 0 unspecified atom stereocenters. The van der Waals surface area contributed by atoms with Gasteiger partial charge in [0.25, 0.3) is 5.91 Å². The zero-order valence-corrected chi connectivity index (χ0v) is 15.8. The van der Waals surface area contributed by atoms with Crippen LogP contribution in [0.4, 0.5) is 5.82 Å². The first-order valence-electron chi connectivity index (χ1n) is 8.71. The Kier molecular flexibility index (Phi) is 5.12. The van der Waals surface area contributed by atoms with Crippen molar-refractivity contribution in [1.82, 2.24) is 25.1 Å². The molecule has 0 aliphatic carbocycles. The lowest BCUT2D eigenvalue weighted by molar-refractivity contribution is 0.0940. The molecule has 1 amide bonds. The molecule has 140 valence electrons. The topological polar surface area (TPSA) is 85.2 Å². The maximum Gasteiger partial charge on any atom is 0.269 e. The van der Waals surface area contributed by atoms with E-state index in [0.717, 1.165) is 29.5 Å². The number of amides is 1. The lowest BCUT2D eigenvalue weighted by Gasteiger charge is -2.27. The number of aryl methyl sites for hydroxylation is 1. The van der Waals surface area contributed by atoms with Crippen molar-refractivity contribution in [1.29, 1.82) is 0 Å². The van der Waals surface area contributed by atoms with Gasteiger partial charge in [-0.05, 0) is 23.6 Å². The fraction of sp³-hybridized carbons (Fsp3) is 0.333. The highest BCUT2D eigenvalue weighted by molar-refractivity contribution is 7.13. The van der Waals surface area contributed by atoms with Crippen LogP contribution in [0.3, 0.4) is 0 Å². The van der Waals surface area contributed by atoms with E-state index in [2.05, 4.69) is 25.3 Å². The fourth-order valence-corrected chi connectivity index (χ4v) is 3.60. The summed E-state index contributed by atoms with van der Waals surface area (Å²) in [6.07, 6.45) is 1.72. The van der Waals surface area contributed by atoms with Gasteiger partial charge in [-0.15, -0.1) is 11.3 Å². The van der Waals surface area contributed by atoms with Crippen LogP contribution in [0.5, 0.6) is 0 Å². The van der Waals surface area contributed by atoms with Crippen molar-refractivity contribution in [3.63, 3.8) is 0 Å². The number of anilines is 1. The first-order valence-corrected chi connectivity index (χ1v) is 9.59. The second-order valence-corrected chi connectivity index (χ2v) is 7.08. The lowest BCUT2D eigenvalue weighted by Crippen LogP contribution is -2.37. The molecule has 3 aromatic heterocycles. The largest absolute Gasteiger partial charge is 0.378 e. The number of ether oxygens (including phenoxy) is 1. The summed E-state index contributed by atoms with van der Waals surface area (Å²) in [6.45, 7) is 3.27. The molecule has 0 aromatic carbocycles. The van der Waals surface area contributed by atoms with Crippen LogP contribution in [0.15, 0.2) is 35.8 Å². The van der Waals surface area contributed by atoms with E-state index in [9.17, 15) is 4.79 Å². The number of hydrogen-bond donors (Lipinski definition) is 1. The third kappa shape index (κ3) is 3.99. The molecular formula is C18H20N6O2S. The van der Waals surface area contributed by atoms with E-state index in [4.69, 9.17) is 4.74 Å². The Labute approximate surface area is 160 Å². The standard InChI is InChI=1S/C18H20N6O2S/c1-23-14(11-13(22-23)15-3-2-10-27-15)18(25)20-12-16-19-5-4-17(21-16)24-6-8-26-9-7-24/h2-5,10-11H,6-9,12H2,1H3,(H,20,25). The van der Waals surface area contributed by atoms with E-state index < -0.39 is 0 Å². The average molecular weight is 384 g/mol. The summed E-state index contributed by atoms with van der Waals surface area (Å²) < 4.78 is 6.96. The summed E-state index contributed by atoms with van der Waals surface area (Å²) in [6, 6.07) is 7.63. The molecule has 0 saturated carbocycles. The Balaban J connectivity index is 1.42. The number of carbonyl (C=O) groups excluding carboxylic acids is 1. The summed E-state index contributed by atoms with van der Waals surface area (Å²) in [4.78, 5) is 24.6. The van der Waals surface area contributed by atoms with E-state index in [0.29, 0.717) is 24.7 Å². The second kappa shape index (κ2) is 7.85. The molecule has 8 nitrogen and oxygen atoms in total. The highest BCUT2D eigenvalue weighted by Crippen LogP contribution is 2.23. The molecule has 4 rings (SSSR count). The van der Waals surface area contributed by atoms with Crippen molar-refractivity contribution in [2.24, 2.45) is 7.05 Å². The van der Waals surface area contributed by atoms with Crippen LogP contribution in [-0.2, 0) is 18.3 Å². The molecule has 1 fully saturated rings. The van der Waals surface area contributed by atoms with Crippen LogP contribution in [-0.4, -0.2) is 52.0 Å². The third-order valence-corrected chi connectivity index (χ3v) is 5.21. The molecule has 1 aliphatic heterocycles. The van der Waals surface area contributed by atoms with Gasteiger partial charge in [0.2, 0.25) is 0 Å². The van der Waals surface area contributed by atoms with Gasteiger partial charge in [-0.3, -0.25) is 9.48 Å². The van der Waals surface area contributed by atoms with E-state index in [1.54, 1.807) is 35.3 Å². The Morgan fingerprint density at radius 1 is 1.33 bits per heavy atom. The van der Waals surface area contributed by atoms with Gasteiger partial charge in [-0.25, -0.2) is 9.97 Å². The predicted octanol–water partition coefficient (Wildman–Crippen LogP) is 1.71. The quantitative estimate of drug-likeness (QED) is 0.721. The fourth-order valence-electron chi connectivity index (χ4n) is 2.92. The minimum Gasteiger partial charge on any atom is -0.378 e. The van der Waals surface area contributed by atoms with Crippen molar-refractivity contribution in [2.45, 2.75) is 6.54 Å². The molecule has 9 heteroatoms. The number of nitrogens with one attached hydrogen (secondary N) is 1. The highest BCUT2D eigenvalue weighted by atomic mass is 32.1. The van der Waals surface area contributed by atoms with Gasteiger partial charge in [0, 0.05) is 26.3 Å². The normalized spacial score (nSPS) is 14.3. The summed E-state index contributed by atoms with van der Waals surface area (Å²) >= 11 is 1.59. The van der Waals surface area contributed by atoms with Crippen molar-refractivity contribution in [3.05, 3.63) is 47.4 Å². The number of hydrogen-bond acceptors (Lipinski definition) is 7. The Morgan fingerprint density at radius 3 is 2.96 bits per heavy atom. The predicted molar refractivity (Wildman–Crippen MR) is 103 cm³/mol. The SMILES string of the molecule is Cn1nc(-c2cccs2)cc1C(=O)NCc1nccc(N2CCOCC2)n1. The third-order valence-electron chi connectivity index (χ3n) is 4.32. The molecule has 1 saturated heterocycles. The molecule has 1 N–H and O–H groups in total. The maximum absolute atomic E-state index is 12.6. The molecule has 0 spiro atoms. The summed E-state index contributed by atoms with van der Waals surface area (Å²) in [5.74, 6) is 1.24. The smallest absolute Gasteiger partial charge is 0.269 e. The zero-order valence-electron chi connectivity index (χ0n) is 15.0. The van der Waals surface area contributed by atoms with E-state index in [1.165, 1.54) is 0 Å². The Morgan fingerprint density at radius 2 is 2.19 bits per heavy atom. The van der Waals surface area contributed by atoms with Gasteiger partial charge in [-0.2, -0.15) is 5.10 Å². The molecule has 4 heterocycles. The van der Waals surface area contributed by atoms with Gasteiger partial charge in [0.15, 0.2) is 0 Å². The summed E-state index contributed by atoms with van der Waals surface area (Å²) in [7, 11) is 1.77. The van der Waals surface area contributed by atoms with Crippen LogP contribution < -0.4 is 10.2 Å². The van der Waals surface area contributed by atoms with Crippen LogP contribution in [0.1, 0.15) is 16.3 Å². The van der Waals surface area contributed by atoms with Crippen molar-refractivity contribution < 1.29 is 9.53 Å². The number of morpholine rings is 1. The second-order valence-electron chi connectivity index (χ2n) is 6.13. The van der Waals surface area contributed by atoms with Crippen LogP contribution in [0, 0.1) is 0 Å². The molecule has 0 atom stereocenters. The number of carbonyl (C=O) groups is 1. The number of aromatic nitrogens is 4.